The van der Waals surface area contributed by atoms with Crippen LogP contribution in [0.1, 0.15) is 15.6 Å². The Morgan fingerprint density at radius 2 is 2.26 bits per heavy atom. The van der Waals surface area contributed by atoms with Gasteiger partial charge in [-0.2, -0.15) is 5.10 Å². The number of carbonyl (C=O) groups is 1. The zero-order valence-corrected chi connectivity index (χ0v) is 12.0. The molecule has 0 unspecified atom stereocenters. The first-order valence-electron chi connectivity index (χ1n) is 5.98. The summed E-state index contributed by atoms with van der Waals surface area (Å²) in [6.45, 7) is 4.97. The van der Waals surface area contributed by atoms with Crippen molar-refractivity contribution in [1.82, 2.24) is 20.1 Å². The van der Waals surface area contributed by atoms with Gasteiger partial charge in [0.15, 0.2) is 0 Å². The molecule has 0 aromatic carbocycles. The van der Waals surface area contributed by atoms with Gasteiger partial charge >= 0.3 is 0 Å². The molecule has 0 atom stereocenters. The minimum atomic E-state index is -0.0661. The summed E-state index contributed by atoms with van der Waals surface area (Å²) in [6, 6.07) is 0. The standard InChI is InChI=1S/C12H17N5OS/c1-8-11(19-9(2)16-8)5-14-10-4-15-17(6-10)7-12(18)13-3/h4,6,14H,5,7H2,1-3H3,(H,13,18). The van der Waals surface area contributed by atoms with Crippen LogP contribution >= 0.6 is 11.3 Å². The second kappa shape index (κ2) is 5.83. The first kappa shape index (κ1) is 13.5. The fourth-order valence-corrected chi connectivity index (χ4v) is 2.56. The van der Waals surface area contributed by atoms with Gasteiger partial charge in [-0.25, -0.2) is 4.98 Å². The van der Waals surface area contributed by atoms with Crippen molar-refractivity contribution in [3.8, 4) is 0 Å². The Morgan fingerprint density at radius 1 is 1.47 bits per heavy atom. The maximum absolute atomic E-state index is 11.2. The Hall–Kier alpha value is -1.89. The number of likely N-dealkylation sites (N-methyl/N-ethyl adjacent to an activating group) is 1. The van der Waals surface area contributed by atoms with Crippen molar-refractivity contribution in [3.63, 3.8) is 0 Å². The number of thiazole rings is 1. The molecule has 0 aliphatic carbocycles. The predicted molar refractivity (Wildman–Crippen MR) is 75.2 cm³/mol. The van der Waals surface area contributed by atoms with E-state index in [0.29, 0.717) is 0 Å². The van der Waals surface area contributed by atoms with Crippen molar-refractivity contribution in [2.24, 2.45) is 0 Å². The Morgan fingerprint density at radius 3 is 2.89 bits per heavy atom. The number of aryl methyl sites for hydroxylation is 2. The van der Waals surface area contributed by atoms with Gasteiger partial charge < -0.3 is 10.6 Å². The molecule has 0 spiro atoms. The molecule has 2 N–H and O–H groups in total. The fraction of sp³-hybridized carbons (Fsp3) is 0.417. The van der Waals surface area contributed by atoms with Crippen molar-refractivity contribution < 1.29 is 4.79 Å². The molecule has 0 saturated heterocycles. The number of hydrogen-bond acceptors (Lipinski definition) is 5. The lowest BCUT2D eigenvalue weighted by Crippen LogP contribution is -2.23. The molecule has 19 heavy (non-hydrogen) atoms. The molecule has 2 rings (SSSR count). The van der Waals surface area contributed by atoms with Crippen LogP contribution in [0.25, 0.3) is 0 Å². The minimum Gasteiger partial charge on any atom is -0.378 e. The number of rotatable bonds is 5. The van der Waals surface area contributed by atoms with Crippen LogP contribution in [-0.2, 0) is 17.9 Å². The maximum Gasteiger partial charge on any atom is 0.241 e. The number of nitrogens with one attached hydrogen (secondary N) is 2. The SMILES string of the molecule is CNC(=O)Cn1cc(NCc2sc(C)nc2C)cn1. The Labute approximate surface area is 115 Å². The smallest absolute Gasteiger partial charge is 0.241 e. The number of hydrogen-bond donors (Lipinski definition) is 2. The lowest BCUT2D eigenvalue weighted by atomic mass is 10.4. The summed E-state index contributed by atoms with van der Waals surface area (Å²) in [7, 11) is 1.61. The average Bonchev–Trinajstić information content (AvgIpc) is 2.93. The highest BCUT2D eigenvalue weighted by Gasteiger charge is 2.06. The first-order valence-corrected chi connectivity index (χ1v) is 6.80. The van der Waals surface area contributed by atoms with Crippen molar-refractivity contribution >= 4 is 22.9 Å². The average molecular weight is 279 g/mol. The van der Waals surface area contributed by atoms with Crippen LogP contribution in [-0.4, -0.2) is 27.7 Å². The van der Waals surface area contributed by atoms with Crippen molar-refractivity contribution in [2.75, 3.05) is 12.4 Å². The predicted octanol–water partition coefficient (Wildman–Crippen LogP) is 1.31. The third kappa shape index (κ3) is 3.54. The summed E-state index contributed by atoms with van der Waals surface area (Å²) < 4.78 is 1.60. The number of carbonyl (C=O) groups excluding carboxylic acids is 1. The van der Waals surface area contributed by atoms with Crippen molar-refractivity contribution in [1.29, 1.82) is 0 Å². The van der Waals surface area contributed by atoms with E-state index in [-0.39, 0.29) is 12.5 Å². The maximum atomic E-state index is 11.2. The van der Waals surface area contributed by atoms with Gasteiger partial charge in [-0.3, -0.25) is 9.48 Å². The first-order chi connectivity index (χ1) is 9.08. The molecule has 0 aliphatic heterocycles. The third-order valence-corrected chi connectivity index (χ3v) is 3.74. The minimum absolute atomic E-state index is 0.0661. The molecule has 1 amide bonds. The molecule has 2 aromatic heterocycles. The zero-order chi connectivity index (χ0) is 13.8. The Balaban J connectivity index is 1.93. The van der Waals surface area contributed by atoms with Crippen LogP contribution in [0, 0.1) is 13.8 Å². The van der Waals surface area contributed by atoms with Gasteiger partial charge in [-0.05, 0) is 13.8 Å². The molecule has 0 bridgehead atoms. The highest BCUT2D eigenvalue weighted by Crippen LogP contribution is 2.18. The summed E-state index contributed by atoms with van der Waals surface area (Å²) in [5, 5.41) is 11.0. The third-order valence-electron chi connectivity index (χ3n) is 2.67. The lowest BCUT2D eigenvalue weighted by Gasteiger charge is -2.01. The van der Waals surface area contributed by atoms with Crippen molar-refractivity contribution in [2.45, 2.75) is 26.9 Å². The van der Waals surface area contributed by atoms with Crippen molar-refractivity contribution in [3.05, 3.63) is 28.0 Å². The monoisotopic (exact) mass is 279 g/mol. The van der Waals surface area contributed by atoms with Gasteiger partial charge in [0.05, 0.1) is 29.1 Å². The topological polar surface area (TPSA) is 71.8 Å². The number of nitrogens with zero attached hydrogens (tertiary/aromatic N) is 3. The van der Waals surface area contributed by atoms with E-state index in [1.165, 1.54) is 4.88 Å². The van der Waals surface area contributed by atoms with E-state index >= 15 is 0 Å². The van der Waals surface area contributed by atoms with Gasteiger partial charge in [0, 0.05) is 18.1 Å². The molecular weight excluding hydrogens is 262 g/mol. The van der Waals surface area contributed by atoms with E-state index < -0.39 is 0 Å². The van der Waals surface area contributed by atoms with Gasteiger partial charge in [0.25, 0.3) is 0 Å². The molecule has 2 heterocycles. The van der Waals surface area contributed by atoms with Gasteiger partial charge in [0.1, 0.15) is 6.54 Å². The molecule has 0 fully saturated rings. The summed E-state index contributed by atoms with van der Waals surface area (Å²) in [6.07, 6.45) is 3.53. The summed E-state index contributed by atoms with van der Waals surface area (Å²) >= 11 is 1.69. The van der Waals surface area contributed by atoms with E-state index in [0.717, 1.165) is 22.9 Å². The molecule has 6 nitrogen and oxygen atoms in total. The zero-order valence-electron chi connectivity index (χ0n) is 11.2. The number of amides is 1. The molecule has 0 radical (unpaired) electrons. The normalized spacial score (nSPS) is 10.5. The van der Waals surface area contributed by atoms with E-state index in [4.69, 9.17) is 0 Å². The molecule has 102 valence electrons. The summed E-state index contributed by atoms with van der Waals surface area (Å²) in [5.41, 5.74) is 1.96. The lowest BCUT2D eigenvalue weighted by molar-refractivity contribution is -0.121. The second-order valence-electron chi connectivity index (χ2n) is 4.19. The number of anilines is 1. The van der Waals surface area contributed by atoms with Gasteiger partial charge in [-0.15, -0.1) is 11.3 Å². The summed E-state index contributed by atoms with van der Waals surface area (Å²) in [4.78, 5) is 16.8. The largest absolute Gasteiger partial charge is 0.378 e. The highest BCUT2D eigenvalue weighted by atomic mass is 32.1. The molecule has 7 heteroatoms. The Kier molecular flexibility index (Phi) is 4.16. The molecule has 2 aromatic rings. The van der Waals surface area contributed by atoms with Gasteiger partial charge in [-0.1, -0.05) is 0 Å². The van der Waals surface area contributed by atoms with Gasteiger partial charge in [0.2, 0.25) is 5.91 Å². The fourth-order valence-electron chi connectivity index (χ4n) is 1.69. The Bertz CT molecular complexity index is 574. The summed E-state index contributed by atoms with van der Waals surface area (Å²) in [5.74, 6) is -0.0661. The van der Waals surface area contributed by atoms with E-state index in [9.17, 15) is 4.79 Å². The van der Waals surface area contributed by atoms with E-state index in [2.05, 4.69) is 20.7 Å². The van der Waals surface area contributed by atoms with Crippen LogP contribution in [0.2, 0.25) is 0 Å². The van der Waals surface area contributed by atoms with E-state index in [1.807, 2.05) is 20.0 Å². The quantitative estimate of drug-likeness (QED) is 0.865. The van der Waals surface area contributed by atoms with Crippen LogP contribution in [0.5, 0.6) is 0 Å². The van der Waals surface area contributed by atoms with Crippen LogP contribution in [0.15, 0.2) is 12.4 Å². The highest BCUT2D eigenvalue weighted by molar-refractivity contribution is 7.11. The van der Waals surface area contributed by atoms with E-state index in [1.54, 1.807) is 29.3 Å². The second-order valence-corrected chi connectivity index (χ2v) is 5.48. The number of aromatic nitrogens is 3. The molecular formula is C12H17N5OS. The van der Waals surface area contributed by atoms with Crippen LogP contribution < -0.4 is 10.6 Å². The molecule has 0 saturated carbocycles. The molecule has 0 aliphatic rings. The van der Waals surface area contributed by atoms with Crippen LogP contribution in [0.3, 0.4) is 0 Å². The van der Waals surface area contributed by atoms with Crippen LogP contribution in [0.4, 0.5) is 5.69 Å².